The number of carbonyl (C=O) groups is 1. The standard InChI is InChI=1S/C27H37N3OS2/c1-4-30(5-2)22(31)15-32-24-23-20-7-6-16(3)8-21(20)33-25(23)29-26(28-24)27-12-17-9-18(13-27)11-19(10-17)14-27/h16-19H,4-15H2,1-3H3/t16-,17?,18?,19?,27?/m0/s1. The molecule has 2 aromatic heterocycles. The number of thiophene rings is 1. The molecule has 2 heterocycles. The first-order chi connectivity index (χ1) is 16.0. The van der Waals surface area contributed by atoms with Crippen molar-refractivity contribution in [3.05, 3.63) is 16.3 Å². The minimum absolute atomic E-state index is 0.193. The summed E-state index contributed by atoms with van der Waals surface area (Å²) >= 11 is 3.60. The molecule has 1 atom stereocenters. The summed E-state index contributed by atoms with van der Waals surface area (Å²) in [5, 5.41) is 2.38. The molecule has 4 saturated carbocycles. The Labute approximate surface area is 206 Å². The maximum atomic E-state index is 12.9. The molecule has 0 aromatic carbocycles. The summed E-state index contributed by atoms with van der Waals surface area (Å²) in [4.78, 5) is 28.2. The quantitative estimate of drug-likeness (QED) is 0.360. The van der Waals surface area contributed by atoms with E-state index in [2.05, 4.69) is 20.8 Å². The fourth-order valence-electron chi connectivity index (χ4n) is 7.83. The lowest BCUT2D eigenvalue weighted by Gasteiger charge is -2.56. The van der Waals surface area contributed by atoms with Crippen molar-refractivity contribution in [1.82, 2.24) is 14.9 Å². The highest BCUT2D eigenvalue weighted by atomic mass is 32.2. The lowest BCUT2D eigenvalue weighted by Crippen LogP contribution is -2.49. The van der Waals surface area contributed by atoms with Crippen molar-refractivity contribution in [2.75, 3.05) is 18.8 Å². The van der Waals surface area contributed by atoms with Crippen LogP contribution in [0.1, 0.15) is 82.0 Å². The van der Waals surface area contributed by atoms with E-state index in [1.165, 1.54) is 72.0 Å². The van der Waals surface area contributed by atoms with E-state index in [1.54, 1.807) is 11.8 Å². The van der Waals surface area contributed by atoms with E-state index in [4.69, 9.17) is 9.97 Å². The first kappa shape index (κ1) is 22.3. The highest BCUT2D eigenvalue weighted by molar-refractivity contribution is 8.00. The first-order valence-corrected chi connectivity index (χ1v) is 15.0. The molecule has 7 rings (SSSR count). The van der Waals surface area contributed by atoms with Gasteiger partial charge in [-0.2, -0.15) is 0 Å². The maximum Gasteiger partial charge on any atom is 0.232 e. The number of amides is 1. The number of thioether (sulfide) groups is 1. The molecule has 2 aromatic rings. The van der Waals surface area contributed by atoms with E-state index in [0.717, 1.165) is 54.0 Å². The predicted octanol–water partition coefficient (Wildman–Crippen LogP) is 6.24. The topological polar surface area (TPSA) is 46.1 Å². The molecular formula is C27H37N3OS2. The number of fused-ring (bicyclic) bond motifs is 3. The van der Waals surface area contributed by atoms with Crippen LogP contribution in [0.4, 0.5) is 0 Å². The zero-order valence-electron chi connectivity index (χ0n) is 20.4. The van der Waals surface area contributed by atoms with Crippen LogP contribution in [-0.2, 0) is 23.1 Å². The average molecular weight is 484 g/mol. The summed E-state index contributed by atoms with van der Waals surface area (Å²) < 4.78 is 0. The Morgan fingerprint density at radius 1 is 1.09 bits per heavy atom. The molecule has 0 spiro atoms. The van der Waals surface area contributed by atoms with Gasteiger partial charge in [0.2, 0.25) is 5.91 Å². The molecule has 4 nitrogen and oxygen atoms in total. The number of rotatable bonds is 6. The molecule has 33 heavy (non-hydrogen) atoms. The Morgan fingerprint density at radius 2 is 1.76 bits per heavy atom. The molecular weight excluding hydrogens is 446 g/mol. The molecule has 4 bridgehead atoms. The number of aryl methyl sites for hydroxylation is 1. The van der Waals surface area contributed by atoms with Crippen LogP contribution in [0.2, 0.25) is 0 Å². The van der Waals surface area contributed by atoms with Crippen molar-refractivity contribution in [3.63, 3.8) is 0 Å². The van der Waals surface area contributed by atoms with Crippen LogP contribution in [-0.4, -0.2) is 39.6 Å². The van der Waals surface area contributed by atoms with Crippen molar-refractivity contribution in [2.24, 2.45) is 23.7 Å². The van der Waals surface area contributed by atoms with Crippen LogP contribution in [0.25, 0.3) is 10.2 Å². The summed E-state index contributed by atoms with van der Waals surface area (Å²) in [5.74, 6) is 5.23. The number of hydrogen-bond donors (Lipinski definition) is 0. The molecule has 5 aliphatic carbocycles. The average Bonchev–Trinajstić information content (AvgIpc) is 3.15. The fraction of sp³-hybridized carbons (Fsp3) is 0.741. The van der Waals surface area contributed by atoms with E-state index in [1.807, 2.05) is 16.2 Å². The number of nitrogens with zero attached hydrogens (tertiary/aromatic N) is 3. The number of carbonyl (C=O) groups excluding carboxylic acids is 1. The van der Waals surface area contributed by atoms with Gasteiger partial charge in [0.05, 0.1) is 5.75 Å². The van der Waals surface area contributed by atoms with Crippen LogP contribution in [0.15, 0.2) is 5.03 Å². The molecule has 178 valence electrons. The third kappa shape index (κ3) is 3.84. The fourth-order valence-corrected chi connectivity index (χ4v) is 10.2. The molecule has 4 fully saturated rings. The largest absolute Gasteiger partial charge is 0.343 e. The molecule has 0 N–H and O–H groups in total. The highest BCUT2D eigenvalue weighted by Crippen LogP contribution is 2.60. The van der Waals surface area contributed by atoms with Gasteiger partial charge in [-0.25, -0.2) is 9.97 Å². The molecule has 6 heteroatoms. The third-order valence-corrected chi connectivity index (χ3v) is 11.2. The van der Waals surface area contributed by atoms with E-state index >= 15 is 0 Å². The van der Waals surface area contributed by atoms with Gasteiger partial charge in [0.1, 0.15) is 15.7 Å². The van der Waals surface area contributed by atoms with Crippen LogP contribution < -0.4 is 0 Å². The number of hydrogen-bond acceptors (Lipinski definition) is 5. The van der Waals surface area contributed by atoms with E-state index in [-0.39, 0.29) is 11.3 Å². The first-order valence-electron chi connectivity index (χ1n) is 13.2. The minimum Gasteiger partial charge on any atom is -0.343 e. The SMILES string of the molecule is CCN(CC)C(=O)CSc1nc(C23CC4CC(CC(C4)C2)C3)nc2sc3c(c12)CC[C@H](C)C3. The summed E-state index contributed by atoms with van der Waals surface area (Å²) in [5.41, 5.74) is 1.68. The zero-order valence-corrected chi connectivity index (χ0v) is 22.0. The maximum absolute atomic E-state index is 12.9. The van der Waals surface area contributed by atoms with Gasteiger partial charge in [-0.15, -0.1) is 11.3 Å². The van der Waals surface area contributed by atoms with Gasteiger partial charge in [-0.3, -0.25) is 4.79 Å². The Morgan fingerprint density at radius 3 is 2.39 bits per heavy atom. The summed E-state index contributed by atoms with van der Waals surface area (Å²) in [6.07, 6.45) is 11.7. The van der Waals surface area contributed by atoms with Crippen LogP contribution in [0, 0.1) is 23.7 Å². The van der Waals surface area contributed by atoms with Crippen LogP contribution in [0.5, 0.6) is 0 Å². The Balaban J connectivity index is 1.41. The second kappa shape index (κ2) is 8.51. The minimum atomic E-state index is 0.193. The van der Waals surface area contributed by atoms with Gasteiger partial charge in [0.15, 0.2) is 0 Å². The third-order valence-electron chi connectivity index (χ3n) is 9.08. The smallest absolute Gasteiger partial charge is 0.232 e. The lowest BCUT2D eigenvalue weighted by molar-refractivity contribution is -0.127. The van der Waals surface area contributed by atoms with Gasteiger partial charge in [-0.1, -0.05) is 18.7 Å². The van der Waals surface area contributed by atoms with E-state index < -0.39 is 0 Å². The normalized spacial score (nSPS) is 32.3. The van der Waals surface area contributed by atoms with Crippen LogP contribution >= 0.6 is 23.1 Å². The molecule has 0 aliphatic heterocycles. The lowest BCUT2D eigenvalue weighted by atomic mass is 9.49. The second-order valence-corrected chi connectivity index (χ2v) is 13.5. The van der Waals surface area contributed by atoms with Crippen molar-refractivity contribution < 1.29 is 4.79 Å². The molecule has 5 aliphatic rings. The van der Waals surface area contributed by atoms with Crippen molar-refractivity contribution >= 4 is 39.2 Å². The van der Waals surface area contributed by atoms with Gasteiger partial charge >= 0.3 is 0 Å². The van der Waals surface area contributed by atoms with Gasteiger partial charge < -0.3 is 4.90 Å². The predicted molar refractivity (Wildman–Crippen MR) is 137 cm³/mol. The van der Waals surface area contributed by atoms with Crippen molar-refractivity contribution in [1.29, 1.82) is 0 Å². The second-order valence-electron chi connectivity index (χ2n) is 11.4. The highest BCUT2D eigenvalue weighted by Gasteiger charge is 2.53. The van der Waals surface area contributed by atoms with Crippen molar-refractivity contribution in [2.45, 2.75) is 89.0 Å². The van der Waals surface area contributed by atoms with Crippen LogP contribution in [0.3, 0.4) is 0 Å². The molecule has 0 unspecified atom stereocenters. The Bertz CT molecular complexity index is 1040. The van der Waals surface area contributed by atoms with E-state index in [9.17, 15) is 4.79 Å². The van der Waals surface area contributed by atoms with Gasteiger partial charge in [0, 0.05) is 28.8 Å². The Kier molecular flexibility index (Phi) is 5.76. The molecule has 0 saturated heterocycles. The van der Waals surface area contributed by atoms with Crippen molar-refractivity contribution in [3.8, 4) is 0 Å². The molecule has 0 radical (unpaired) electrons. The van der Waals surface area contributed by atoms with Gasteiger partial charge in [0.25, 0.3) is 0 Å². The number of aromatic nitrogens is 2. The summed E-state index contributed by atoms with van der Waals surface area (Å²) in [6.45, 7) is 8.06. The molecule has 1 amide bonds. The monoisotopic (exact) mass is 483 g/mol. The summed E-state index contributed by atoms with van der Waals surface area (Å²) in [7, 11) is 0. The van der Waals surface area contributed by atoms with E-state index in [0.29, 0.717) is 5.75 Å². The summed E-state index contributed by atoms with van der Waals surface area (Å²) in [6, 6.07) is 0. The van der Waals surface area contributed by atoms with Gasteiger partial charge in [-0.05, 0) is 101 Å². The Hall–Kier alpha value is -1.14. The zero-order chi connectivity index (χ0) is 22.7.